The van der Waals surface area contributed by atoms with E-state index in [2.05, 4.69) is 10.3 Å². The van der Waals surface area contributed by atoms with Crippen molar-refractivity contribution >= 4 is 45.1 Å². The number of benzene rings is 2. The van der Waals surface area contributed by atoms with Crippen LogP contribution in [-0.4, -0.2) is 35.0 Å². The molecule has 5 aromatic rings. The number of aromatic nitrogens is 2. The van der Waals surface area contributed by atoms with Crippen molar-refractivity contribution in [2.45, 2.75) is 0 Å². The fourth-order valence-electron chi connectivity index (χ4n) is 3.44. The van der Waals surface area contributed by atoms with Crippen LogP contribution in [0.5, 0.6) is 5.75 Å². The van der Waals surface area contributed by atoms with Gasteiger partial charge in [0.25, 0.3) is 5.91 Å². The van der Waals surface area contributed by atoms with Gasteiger partial charge in [0.05, 0.1) is 12.8 Å². The van der Waals surface area contributed by atoms with E-state index in [-0.39, 0.29) is 5.69 Å². The van der Waals surface area contributed by atoms with Crippen LogP contribution in [0.15, 0.2) is 71.4 Å². The number of nitrogens with zero attached hydrogens (tertiary/aromatic N) is 2. The molecule has 0 saturated heterocycles. The SMILES string of the molecule is COc1cc2c(cc1NC(=O)COC(=O)c1cn3ccccc3n1)oc1ccccc12. The van der Waals surface area contributed by atoms with Crippen molar-refractivity contribution in [3.63, 3.8) is 0 Å². The second-order valence-electron chi connectivity index (χ2n) is 6.86. The first kappa shape index (κ1) is 18.7. The van der Waals surface area contributed by atoms with Gasteiger partial charge in [0.15, 0.2) is 12.3 Å². The lowest BCUT2D eigenvalue weighted by atomic mass is 10.1. The summed E-state index contributed by atoms with van der Waals surface area (Å²) in [6.07, 6.45) is 3.32. The highest BCUT2D eigenvalue weighted by Gasteiger charge is 2.17. The van der Waals surface area contributed by atoms with Gasteiger partial charge in [-0.1, -0.05) is 24.3 Å². The highest BCUT2D eigenvalue weighted by molar-refractivity contribution is 6.08. The molecule has 154 valence electrons. The van der Waals surface area contributed by atoms with Crippen LogP contribution in [0.2, 0.25) is 0 Å². The number of ether oxygens (including phenoxy) is 2. The number of imidazole rings is 1. The van der Waals surface area contributed by atoms with Crippen molar-refractivity contribution in [3.05, 3.63) is 72.7 Å². The lowest BCUT2D eigenvalue weighted by Gasteiger charge is -2.10. The molecule has 1 amide bonds. The van der Waals surface area contributed by atoms with Crippen LogP contribution in [0, 0.1) is 0 Å². The zero-order valence-corrected chi connectivity index (χ0v) is 16.5. The van der Waals surface area contributed by atoms with Gasteiger partial charge in [-0.05, 0) is 24.3 Å². The Kier molecular flexibility index (Phi) is 4.51. The smallest absolute Gasteiger partial charge is 0.359 e. The van der Waals surface area contributed by atoms with E-state index in [1.165, 1.54) is 7.11 Å². The van der Waals surface area contributed by atoms with Gasteiger partial charge in [-0.3, -0.25) is 4.79 Å². The third kappa shape index (κ3) is 3.44. The monoisotopic (exact) mass is 415 g/mol. The summed E-state index contributed by atoms with van der Waals surface area (Å²) in [5.74, 6) is -0.719. The summed E-state index contributed by atoms with van der Waals surface area (Å²) in [5, 5.41) is 4.54. The van der Waals surface area contributed by atoms with Gasteiger partial charge < -0.3 is 23.6 Å². The van der Waals surface area contributed by atoms with Gasteiger partial charge in [0.1, 0.15) is 22.6 Å². The minimum atomic E-state index is -0.682. The Balaban J connectivity index is 1.32. The third-order valence-electron chi connectivity index (χ3n) is 4.88. The Morgan fingerprint density at radius 3 is 2.74 bits per heavy atom. The third-order valence-corrected chi connectivity index (χ3v) is 4.88. The molecule has 8 heteroatoms. The van der Waals surface area contributed by atoms with E-state index in [4.69, 9.17) is 13.9 Å². The largest absolute Gasteiger partial charge is 0.495 e. The molecule has 8 nitrogen and oxygen atoms in total. The van der Waals surface area contributed by atoms with E-state index in [1.807, 2.05) is 36.4 Å². The van der Waals surface area contributed by atoms with E-state index >= 15 is 0 Å². The van der Waals surface area contributed by atoms with Crippen LogP contribution >= 0.6 is 0 Å². The topological polar surface area (TPSA) is 95.1 Å². The van der Waals surface area contributed by atoms with Gasteiger partial charge in [0, 0.05) is 29.2 Å². The number of pyridine rings is 1. The fourth-order valence-corrected chi connectivity index (χ4v) is 3.44. The second-order valence-corrected chi connectivity index (χ2v) is 6.86. The van der Waals surface area contributed by atoms with E-state index in [0.717, 1.165) is 16.4 Å². The number of rotatable bonds is 5. The molecule has 0 aliphatic carbocycles. The van der Waals surface area contributed by atoms with Gasteiger partial charge in [-0.2, -0.15) is 0 Å². The number of fused-ring (bicyclic) bond motifs is 4. The van der Waals surface area contributed by atoms with Crippen molar-refractivity contribution < 1.29 is 23.5 Å². The highest BCUT2D eigenvalue weighted by Crippen LogP contribution is 2.36. The second kappa shape index (κ2) is 7.49. The number of amides is 1. The summed E-state index contributed by atoms with van der Waals surface area (Å²) >= 11 is 0. The summed E-state index contributed by atoms with van der Waals surface area (Å²) in [6.45, 7) is -0.464. The summed E-state index contributed by atoms with van der Waals surface area (Å²) in [4.78, 5) is 28.8. The molecule has 0 bridgehead atoms. The van der Waals surface area contributed by atoms with Crippen molar-refractivity contribution in [2.24, 2.45) is 0 Å². The zero-order chi connectivity index (χ0) is 21.4. The molecule has 0 radical (unpaired) electrons. The molecule has 3 aromatic heterocycles. The number of para-hydroxylation sites is 1. The Bertz CT molecular complexity index is 1420. The number of anilines is 1. The summed E-state index contributed by atoms with van der Waals surface area (Å²) in [6, 6.07) is 16.6. The number of carbonyl (C=O) groups is 2. The molecule has 0 saturated carbocycles. The standard InChI is InChI=1S/C23H17N3O5/c1-29-20-10-15-14-6-2-3-7-18(14)31-19(15)11-16(20)25-22(27)13-30-23(28)17-12-26-9-5-4-8-21(26)24-17/h2-12H,13H2,1H3,(H,25,27). The molecular weight excluding hydrogens is 398 g/mol. The molecule has 0 unspecified atom stereocenters. The first-order valence-corrected chi connectivity index (χ1v) is 9.52. The predicted molar refractivity (Wildman–Crippen MR) is 114 cm³/mol. The van der Waals surface area contributed by atoms with Crippen LogP contribution in [0.1, 0.15) is 10.5 Å². The number of methoxy groups -OCH3 is 1. The number of hydrogen-bond acceptors (Lipinski definition) is 6. The Hall–Kier alpha value is -4.33. The number of hydrogen-bond donors (Lipinski definition) is 1. The molecule has 2 aromatic carbocycles. The Morgan fingerprint density at radius 1 is 1.06 bits per heavy atom. The maximum Gasteiger partial charge on any atom is 0.359 e. The molecule has 3 heterocycles. The molecule has 0 spiro atoms. The number of nitrogens with one attached hydrogen (secondary N) is 1. The van der Waals surface area contributed by atoms with E-state index in [1.54, 1.807) is 35.0 Å². The maximum absolute atomic E-state index is 12.4. The van der Waals surface area contributed by atoms with Crippen molar-refractivity contribution in [1.82, 2.24) is 9.38 Å². The quantitative estimate of drug-likeness (QED) is 0.436. The maximum atomic E-state index is 12.4. The molecule has 31 heavy (non-hydrogen) atoms. The molecular formula is C23H17N3O5. The minimum absolute atomic E-state index is 0.125. The molecule has 0 aliphatic rings. The first-order chi connectivity index (χ1) is 15.1. The molecule has 0 atom stereocenters. The van der Waals surface area contributed by atoms with Crippen LogP contribution in [0.4, 0.5) is 5.69 Å². The Morgan fingerprint density at radius 2 is 1.90 bits per heavy atom. The lowest BCUT2D eigenvalue weighted by molar-refractivity contribution is -0.119. The zero-order valence-electron chi connectivity index (χ0n) is 16.5. The Labute approximate surface area is 176 Å². The summed E-state index contributed by atoms with van der Waals surface area (Å²) in [7, 11) is 1.52. The van der Waals surface area contributed by atoms with Gasteiger partial charge in [-0.15, -0.1) is 0 Å². The van der Waals surface area contributed by atoms with Crippen molar-refractivity contribution in [3.8, 4) is 5.75 Å². The van der Waals surface area contributed by atoms with Crippen molar-refractivity contribution in [1.29, 1.82) is 0 Å². The molecule has 5 rings (SSSR count). The average molecular weight is 415 g/mol. The number of carbonyl (C=O) groups excluding carboxylic acids is 2. The van der Waals surface area contributed by atoms with Gasteiger partial charge >= 0.3 is 5.97 Å². The van der Waals surface area contributed by atoms with Gasteiger partial charge in [0.2, 0.25) is 0 Å². The van der Waals surface area contributed by atoms with E-state index < -0.39 is 18.5 Å². The van der Waals surface area contributed by atoms with Crippen LogP contribution in [0.3, 0.4) is 0 Å². The normalized spacial score (nSPS) is 11.1. The average Bonchev–Trinajstić information content (AvgIpc) is 3.38. The molecule has 0 aliphatic heterocycles. The van der Waals surface area contributed by atoms with E-state index in [0.29, 0.717) is 22.7 Å². The van der Waals surface area contributed by atoms with Crippen LogP contribution < -0.4 is 10.1 Å². The minimum Gasteiger partial charge on any atom is -0.495 e. The first-order valence-electron chi connectivity index (χ1n) is 9.52. The number of furan rings is 1. The summed E-state index contributed by atoms with van der Waals surface area (Å²) in [5.41, 5.74) is 2.51. The molecule has 1 N–H and O–H groups in total. The number of esters is 1. The summed E-state index contributed by atoms with van der Waals surface area (Å²) < 4.78 is 18.1. The lowest BCUT2D eigenvalue weighted by Crippen LogP contribution is -2.21. The van der Waals surface area contributed by atoms with Crippen LogP contribution in [-0.2, 0) is 9.53 Å². The van der Waals surface area contributed by atoms with Crippen LogP contribution in [0.25, 0.3) is 27.6 Å². The highest BCUT2D eigenvalue weighted by atomic mass is 16.5. The van der Waals surface area contributed by atoms with Crippen molar-refractivity contribution in [2.75, 3.05) is 19.0 Å². The predicted octanol–water partition coefficient (Wildman–Crippen LogP) is 4.04. The van der Waals surface area contributed by atoms with Gasteiger partial charge in [-0.25, -0.2) is 9.78 Å². The van der Waals surface area contributed by atoms with E-state index in [9.17, 15) is 9.59 Å². The molecule has 0 fully saturated rings. The fraction of sp³-hybridized carbons (Fsp3) is 0.0870.